The fraction of sp³-hybridized carbons (Fsp3) is 0.500. The standard InChI is InChI=1S/C10H14N4O3S/c1-11-9-4-5-18(17,7-9)13-8-2-3-10(12-6-8)14(15)16/h2-3,6,9,11H,4-5,7H2,1H3. The third-order valence-corrected chi connectivity index (χ3v) is 5.19. The van der Waals surface area contributed by atoms with Gasteiger partial charge in [-0.15, -0.1) is 0 Å². The summed E-state index contributed by atoms with van der Waals surface area (Å²) in [5.74, 6) is 0.833. The second kappa shape index (κ2) is 4.99. The Morgan fingerprint density at radius 1 is 1.61 bits per heavy atom. The summed E-state index contributed by atoms with van der Waals surface area (Å²) in [6.07, 6.45) is 2.12. The molecule has 7 nitrogen and oxygen atoms in total. The molecule has 0 saturated carbocycles. The van der Waals surface area contributed by atoms with Crippen molar-refractivity contribution in [2.45, 2.75) is 12.5 Å². The van der Waals surface area contributed by atoms with E-state index < -0.39 is 14.7 Å². The summed E-state index contributed by atoms with van der Waals surface area (Å²) < 4.78 is 16.6. The summed E-state index contributed by atoms with van der Waals surface area (Å²) in [5, 5.41) is 13.5. The number of hydrogen-bond donors (Lipinski definition) is 1. The van der Waals surface area contributed by atoms with Gasteiger partial charge in [0, 0.05) is 23.6 Å². The number of nitro groups is 1. The minimum atomic E-state index is -2.25. The van der Waals surface area contributed by atoms with Crippen LogP contribution in [0.25, 0.3) is 0 Å². The van der Waals surface area contributed by atoms with E-state index in [-0.39, 0.29) is 11.9 Å². The highest BCUT2D eigenvalue weighted by Gasteiger charge is 2.25. The molecule has 0 radical (unpaired) electrons. The molecule has 98 valence electrons. The van der Waals surface area contributed by atoms with Gasteiger partial charge in [-0.25, -0.2) is 4.21 Å². The largest absolute Gasteiger partial charge is 0.363 e. The van der Waals surface area contributed by atoms with Crippen LogP contribution in [0.5, 0.6) is 0 Å². The summed E-state index contributed by atoms with van der Waals surface area (Å²) in [7, 11) is -0.412. The van der Waals surface area contributed by atoms with Crippen molar-refractivity contribution in [2.75, 3.05) is 18.6 Å². The lowest BCUT2D eigenvalue weighted by Gasteiger charge is -2.04. The normalized spacial score (nSPS) is 27.1. The molecule has 1 aromatic heterocycles. The van der Waals surface area contributed by atoms with Crippen LogP contribution < -0.4 is 5.32 Å². The van der Waals surface area contributed by atoms with Crippen molar-refractivity contribution in [1.29, 1.82) is 0 Å². The van der Waals surface area contributed by atoms with Crippen LogP contribution in [0.1, 0.15) is 6.42 Å². The minimum absolute atomic E-state index is 0.229. The van der Waals surface area contributed by atoms with Crippen LogP contribution in [0.3, 0.4) is 0 Å². The molecule has 1 aromatic rings. The first-order valence-electron chi connectivity index (χ1n) is 5.53. The third kappa shape index (κ3) is 2.82. The lowest BCUT2D eigenvalue weighted by atomic mass is 10.3. The van der Waals surface area contributed by atoms with Crippen LogP contribution >= 0.6 is 0 Å². The van der Waals surface area contributed by atoms with Gasteiger partial charge in [-0.05, 0) is 29.4 Å². The zero-order valence-electron chi connectivity index (χ0n) is 9.91. The predicted molar refractivity (Wildman–Crippen MR) is 68.3 cm³/mol. The van der Waals surface area contributed by atoms with E-state index in [4.69, 9.17) is 0 Å². The Morgan fingerprint density at radius 3 is 2.89 bits per heavy atom. The molecule has 0 aromatic carbocycles. The van der Waals surface area contributed by atoms with E-state index in [1.807, 2.05) is 7.05 Å². The number of rotatable bonds is 3. The first-order valence-corrected chi connectivity index (χ1v) is 7.38. The highest BCUT2D eigenvalue weighted by molar-refractivity contribution is 7.94. The maximum Gasteiger partial charge on any atom is 0.363 e. The van der Waals surface area contributed by atoms with Crippen LogP contribution in [0.2, 0.25) is 0 Å². The van der Waals surface area contributed by atoms with Crippen molar-refractivity contribution in [1.82, 2.24) is 10.3 Å². The summed E-state index contributed by atoms with van der Waals surface area (Å²) in [6.45, 7) is 0. The highest BCUT2D eigenvalue weighted by atomic mass is 32.2. The van der Waals surface area contributed by atoms with Gasteiger partial charge in [0.1, 0.15) is 5.69 Å². The molecule has 1 saturated heterocycles. The molecular formula is C10H14N4O3S. The molecule has 0 spiro atoms. The Kier molecular flexibility index (Phi) is 3.58. The fourth-order valence-corrected chi connectivity index (χ4v) is 4.29. The van der Waals surface area contributed by atoms with E-state index in [1.165, 1.54) is 18.3 Å². The molecule has 0 amide bonds. The molecule has 0 bridgehead atoms. The van der Waals surface area contributed by atoms with E-state index in [1.54, 1.807) is 0 Å². The van der Waals surface area contributed by atoms with Gasteiger partial charge >= 0.3 is 5.82 Å². The number of aromatic nitrogens is 1. The van der Waals surface area contributed by atoms with Gasteiger partial charge in [0.25, 0.3) is 0 Å². The van der Waals surface area contributed by atoms with Crippen molar-refractivity contribution in [3.63, 3.8) is 0 Å². The molecule has 0 aliphatic carbocycles. The smallest absolute Gasteiger partial charge is 0.358 e. The summed E-state index contributed by atoms with van der Waals surface area (Å²) in [6, 6.07) is 2.98. The van der Waals surface area contributed by atoms with Gasteiger partial charge in [-0.3, -0.25) is 0 Å². The number of nitrogens with zero attached hydrogens (tertiary/aromatic N) is 3. The summed E-state index contributed by atoms with van der Waals surface area (Å²) in [5.41, 5.74) is 0.433. The van der Waals surface area contributed by atoms with Gasteiger partial charge in [-0.2, -0.15) is 4.36 Å². The zero-order chi connectivity index (χ0) is 13.2. The Morgan fingerprint density at radius 2 is 2.39 bits per heavy atom. The Labute approximate surface area is 105 Å². The highest BCUT2D eigenvalue weighted by Crippen LogP contribution is 2.21. The SMILES string of the molecule is CNC1CCS(=O)(=Nc2ccc([N+](=O)[O-])nc2)C1. The molecule has 2 atom stereocenters. The van der Waals surface area contributed by atoms with Crippen LogP contribution in [0.15, 0.2) is 22.7 Å². The molecule has 1 N–H and O–H groups in total. The van der Waals surface area contributed by atoms with E-state index in [9.17, 15) is 14.3 Å². The zero-order valence-corrected chi connectivity index (χ0v) is 10.7. The fourth-order valence-electron chi connectivity index (χ4n) is 1.85. The maximum atomic E-state index is 12.4. The van der Waals surface area contributed by atoms with Crippen molar-refractivity contribution >= 4 is 21.2 Å². The Balaban J connectivity index is 2.23. The number of pyridine rings is 1. The van der Waals surface area contributed by atoms with Gasteiger partial charge in [0.2, 0.25) is 0 Å². The molecular weight excluding hydrogens is 256 g/mol. The van der Waals surface area contributed by atoms with Gasteiger partial charge in [0.05, 0.1) is 9.73 Å². The van der Waals surface area contributed by atoms with Crippen LogP contribution in [0, 0.1) is 10.1 Å². The topological polar surface area (TPSA) is 97.5 Å². The molecule has 8 heteroatoms. The maximum absolute atomic E-state index is 12.4. The first kappa shape index (κ1) is 12.9. The summed E-state index contributed by atoms with van der Waals surface area (Å²) >= 11 is 0. The number of hydrogen-bond acceptors (Lipinski definition) is 6. The molecule has 1 aliphatic rings. The molecule has 2 unspecified atom stereocenters. The second-order valence-electron chi connectivity index (χ2n) is 4.14. The van der Waals surface area contributed by atoms with Gasteiger partial charge in [-0.1, -0.05) is 0 Å². The van der Waals surface area contributed by atoms with E-state index in [0.717, 1.165) is 6.42 Å². The molecule has 18 heavy (non-hydrogen) atoms. The third-order valence-electron chi connectivity index (χ3n) is 2.85. The first-order chi connectivity index (χ1) is 8.52. The lowest BCUT2D eigenvalue weighted by Crippen LogP contribution is -2.25. The van der Waals surface area contributed by atoms with E-state index in [2.05, 4.69) is 14.7 Å². The average molecular weight is 270 g/mol. The average Bonchev–Trinajstić information content (AvgIpc) is 2.71. The second-order valence-corrected chi connectivity index (χ2v) is 6.61. The van der Waals surface area contributed by atoms with E-state index in [0.29, 0.717) is 17.2 Å². The predicted octanol–water partition coefficient (Wildman–Crippen LogP) is 1.08. The monoisotopic (exact) mass is 270 g/mol. The minimum Gasteiger partial charge on any atom is -0.358 e. The van der Waals surface area contributed by atoms with E-state index >= 15 is 0 Å². The van der Waals surface area contributed by atoms with Crippen molar-refractivity contribution < 1.29 is 9.13 Å². The molecule has 2 rings (SSSR count). The Hall–Kier alpha value is -1.54. The summed E-state index contributed by atoms with van der Waals surface area (Å²) in [4.78, 5) is 13.5. The van der Waals surface area contributed by atoms with Crippen LogP contribution in [-0.4, -0.2) is 38.7 Å². The van der Waals surface area contributed by atoms with Crippen molar-refractivity contribution in [2.24, 2.45) is 4.36 Å². The number of nitrogens with one attached hydrogen (secondary N) is 1. The van der Waals surface area contributed by atoms with Gasteiger partial charge < -0.3 is 15.4 Å². The Bertz CT molecular complexity index is 563. The van der Waals surface area contributed by atoms with Gasteiger partial charge in [0.15, 0.2) is 6.20 Å². The molecule has 1 fully saturated rings. The van der Waals surface area contributed by atoms with Crippen molar-refractivity contribution in [3.8, 4) is 0 Å². The molecule has 1 aliphatic heterocycles. The van der Waals surface area contributed by atoms with Crippen LogP contribution in [0.4, 0.5) is 11.5 Å². The molecule has 2 heterocycles. The van der Waals surface area contributed by atoms with Crippen LogP contribution in [-0.2, 0) is 9.73 Å². The van der Waals surface area contributed by atoms with Crippen molar-refractivity contribution in [3.05, 3.63) is 28.4 Å². The lowest BCUT2D eigenvalue weighted by molar-refractivity contribution is -0.389. The quantitative estimate of drug-likeness (QED) is 0.654.